The minimum absolute atomic E-state index is 0.0140. The maximum atomic E-state index is 15.5. The molecule has 0 N–H and O–H groups in total. The molecule has 2 heterocycles. The lowest BCUT2D eigenvalue weighted by Gasteiger charge is -2.27. The van der Waals surface area contributed by atoms with Gasteiger partial charge in [-0.2, -0.15) is 5.26 Å². The number of carbonyl (C=O) groups is 2. The van der Waals surface area contributed by atoms with Gasteiger partial charge in [0.2, 0.25) is 0 Å². The molecule has 1 aliphatic heterocycles. The number of nitrogens with zero attached hydrogens (tertiary/aromatic N) is 4. The SMILES string of the molecule is CN(C(=O)OC(C)(C)C)c1cc(F)c(C#N)c2c1Cc1ncc(Cl)c(N3CC[C@@]4(C[C@@H]4CC(=O)OC(C)(C)C)C3)c1-2. The van der Waals surface area contributed by atoms with Gasteiger partial charge in [0.15, 0.2) is 0 Å². The first-order valence-corrected chi connectivity index (χ1v) is 14.3. The highest BCUT2D eigenvalue weighted by atomic mass is 35.5. The third-order valence-corrected chi connectivity index (χ3v) is 8.35. The first-order chi connectivity index (χ1) is 19.0. The van der Waals surface area contributed by atoms with Crippen LogP contribution in [0.15, 0.2) is 12.3 Å². The minimum atomic E-state index is -0.735. The van der Waals surface area contributed by atoms with Gasteiger partial charge in [-0.05, 0) is 77.3 Å². The van der Waals surface area contributed by atoms with Gasteiger partial charge >= 0.3 is 12.1 Å². The molecule has 2 fully saturated rings. The Morgan fingerprint density at radius 2 is 1.90 bits per heavy atom. The van der Waals surface area contributed by atoms with E-state index in [1.165, 1.54) is 18.0 Å². The van der Waals surface area contributed by atoms with E-state index in [-0.39, 0.29) is 22.9 Å². The zero-order valence-electron chi connectivity index (χ0n) is 24.7. The quantitative estimate of drug-likeness (QED) is 0.318. The van der Waals surface area contributed by atoms with Gasteiger partial charge in [0.25, 0.3) is 0 Å². The number of rotatable bonds is 4. The summed E-state index contributed by atoms with van der Waals surface area (Å²) in [7, 11) is 1.53. The van der Waals surface area contributed by atoms with Crippen LogP contribution in [0.1, 0.15) is 77.6 Å². The number of fused-ring (bicyclic) bond motifs is 3. The number of hydrogen-bond acceptors (Lipinski definition) is 7. The van der Waals surface area contributed by atoms with Crippen LogP contribution in [-0.4, -0.2) is 48.4 Å². The molecule has 1 aromatic carbocycles. The molecule has 1 amide bonds. The number of aromatic nitrogens is 1. The largest absolute Gasteiger partial charge is 0.460 e. The highest BCUT2D eigenvalue weighted by Crippen LogP contribution is 2.62. The lowest BCUT2D eigenvalue weighted by molar-refractivity contribution is -0.155. The second-order valence-electron chi connectivity index (χ2n) is 13.4. The molecule has 3 aliphatic rings. The van der Waals surface area contributed by atoms with Crippen LogP contribution in [0.5, 0.6) is 0 Å². The van der Waals surface area contributed by atoms with E-state index < -0.39 is 23.1 Å². The zero-order valence-corrected chi connectivity index (χ0v) is 25.4. The highest BCUT2D eigenvalue weighted by molar-refractivity contribution is 6.34. The van der Waals surface area contributed by atoms with Crippen LogP contribution in [0.25, 0.3) is 11.1 Å². The standard InChI is InChI=1S/C31H36ClFN4O4/c1-29(2,3)40-24(38)10-17-13-31(17)8-9-37(16-31)27-20(32)15-35-22-11-18-23(36(7)28(39)41-30(4,5)6)12-21(33)19(14-34)25(18)26(22)27/h12,15,17H,8-11,13,16H2,1-7H3/t17-,31+/m0/s1. The van der Waals surface area contributed by atoms with Crippen LogP contribution in [0, 0.1) is 28.5 Å². The van der Waals surface area contributed by atoms with Crippen LogP contribution >= 0.6 is 11.6 Å². The summed E-state index contributed by atoms with van der Waals surface area (Å²) >= 11 is 6.78. The first kappa shape index (κ1) is 29.1. The number of benzene rings is 1. The smallest absolute Gasteiger partial charge is 0.414 e. The van der Waals surface area contributed by atoms with Gasteiger partial charge in [0, 0.05) is 50.3 Å². The second-order valence-corrected chi connectivity index (χ2v) is 13.8. The summed E-state index contributed by atoms with van der Waals surface area (Å²) in [6, 6.07) is 3.25. The molecule has 8 nitrogen and oxygen atoms in total. The Kier molecular flexibility index (Phi) is 7.01. The predicted molar refractivity (Wildman–Crippen MR) is 155 cm³/mol. The summed E-state index contributed by atoms with van der Waals surface area (Å²) in [5, 5.41) is 10.4. The van der Waals surface area contributed by atoms with Crippen LogP contribution in [-0.2, 0) is 20.7 Å². The molecular formula is C31H36ClFN4O4. The van der Waals surface area contributed by atoms with E-state index in [1.54, 1.807) is 27.0 Å². The Morgan fingerprint density at radius 3 is 2.54 bits per heavy atom. The third kappa shape index (κ3) is 5.46. The van der Waals surface area contributed by atoms with E-state index in [2.05, 4.69) is 9.88 Å². The molecule has 1 spiro atoms. The van der Waals surface area contributed by atoms with Crippen molar-refractivity contribution in [3.8, 4) is 17.2 Å². The lowest BCUT2D eigenvalue weighted by atomic mass is 9.96. The van der Waals surface area contributed by atoms with Gasteiger partial charge in [-0.1, -0.05) is 11.6 Å². The fourth-order valence-electron chi connectivity index (χ4n) is 6.25. The summed E-state index contributed by atoms with van der Waals surface area (Å²) in [6.07, 6.45) is 3.47. The average Bonchev–Trinajstić information content (AvgIpc) is 3.15. The summed E-state index contributed by atoms with van der Waals surface area (Å²) in [6.45, 7) is 12.3. The number of amides is 1. The van der Waals surface area contributed by atoms with Crippen molar-refractivity contribution in [2.24, 2.45) is 11.3 Å². The number of anilines is 2. The van der Waals surface area contributed by atoms with Crippen molar-refractivity contribution in [1.29, 1.82) is 5.26 Å². The molecule has 0 unspecified atom stereocenters. The molecule has 2 atom stereocenters. The fraction of sp³-hybridized carbons (Fsp3) is 0.548. The molecule has 10 heteroatoms. The van der Waals surface area contributed by atoms with Crippen LogP contribution in [0.2, 0.25) is 5.02 Å². The number of carbonyl (C=O) groups excluding carboxylic acids is 2. The van der Waals surface area contributed by atoms with Crippen molar-refractivity contribution in [1.82, 2.24) is 4.98 Å². The van der Waals surface area contributed by atoms with Crippen molar-refractivity contribution < 1.29 is 23.5 Å². The average molecular weight is 583 g/mol. The normalized spacial score (nSPS) is 20.9. The molecule has 218 valence electrons. The van der Waals surface area contributed by atoms with E-state index in [1.807, 2.05) is 26.8 Å². The van der Waals surface area contributed by atoms with Gasteiger partial charge in [-0.3, -0.25) is 14.7 Å². The maximum Gasteiger partial charge on any atom is 0.414 e. The Hall–Kier alpha value is -3.38. The van der Waals surface area contributed by atoms with Gasteiger partial charge in [0.1, 0.15) is 23.1 Å². The van der Waals surface area contributed by atoms with Crippen molar-refractivity contribution in [3.63, 3.8) is 0 Å². The number of halogens is 2. The maximum absolute atomic E-state index is 15.5. The summed E-state index contributed by atoms with van der Waals surface area (Å²) in [4.78, 5) is 33.4. The molecule has 5 rings (SSSR count). The Labute approximate surface area is 245 Å². The van der Waals surface area contributed by atoms with E-state index >= 15 is 4.39 Å². The van der Waals surface area contributed by atoms with Gasteiger partial charge in [0.05, 0.1) is 27.7 Å². The first-order valence-electron chi connectivity index (χ1n) is 13.9. The summed E-state index contributed by atoms with van der Waals surface area (Å²) in [5.74, 6) is -0.692. The van der Waals surface area contributed by atoms with E-state index in [4.69, 9.17) is 21.1 Å². The van der Waals surface area contributed by atoms with Crippen molar-refractivity contribution in [3.05, 3.63) is 39.9 Å². The summed E-state index contributed by atoms with van der Waals surface area (Å²) < 4.78 is 26.6. The number of pyridine rings is 1. The summed E-state index contributed by atoms with van der Waals surface area (Å²) in [5.41, 5.74) is 2.00. The molecular weight excluding hydrogens is 547 g/mol. The van der Waals surface area contributed by atoms with Crippen LogP contribution in [0.3, 0.4) is 0 Å². The predicted octanol–water partition coefficient (Wildman–Crippen LogP) is 6.64. The number of nitriles is 1. The van der Waals surface area contributed by atoms with Gasteiger partial charge in [-0.15, -0.1) is 0 Å². The van der Waals surface area contributed by atoms with Crippen molar-refractivity contribution in [2.45, 2.75) is 78.4 Å². The van der Waals surface area contributed by atoms with Gasteiger partial charge in [-0.25, -0.2) is 9.18 Å². The second kappa shape index (κ2) is 9.87. The third-order valence-electron chi connectivity index (χ3n) is 8.08. The fourth-order valence-corrected chi connectivity index (χ4v) is 6.51. The van der Waals surface area contributed by atoms with E-state index in [0.29, 0.717) is 64.7 Å². The Morgan fingerprint density at radius 1 is 1.22 bits per heavy atom. The van der Waals surface area contributed by atoms with Crippen molar-refractivity contribution in [2.75, 3.05) is 29.9 Å². The highest BCUT2D eigenvalue weighted by Gasteiger charge is 2.58. The monoisotopic (exact) mass is 582 g/mol. The Bertz CT molecular complexity index is 1490. The number of hydrogen-bond donors (Lipinski definition) is 0. The molecule has 1 aromatic heterocycles. The molecule has 2 aromatic rings. The number of esters is 1. The molecule has 0 radical (unpaired) electrons. The van der Waals surface area contributed by atoms with Crippen LogP contribution < -0.4 is 9.80 Å². The zero-order chi connectivity index (χ0) is 30.1. The Balaban J connectivity index is 1.50. The molecule has 1 saturated heterocycles. The topological polar surface area (TPSA) is 95.8 Å². The van der Waals surface area contributed by atoms with Crippen LogP contribution in [0.4, 0.5) is 20.6 Å². The lowest BCUT2D eigenvalue weighted by Crippen LogP contribution is -2.34. The van der Waals surface area contributed by atoms with Crippen molar-refractivity contribution >= 4 is 35.0 Å². The van der Waals surface area contributed by atoms with Gasteiger partial charge < -0.3 is 14.4 Å². The van der Waals surface area contributed by atoms with E-state index in [0.717, 1.165) is 12.8 Å². The molecule has 2 aliphatic carbocycles. The molecule has 41 heavy (non-hydrogen) atoms. The minimum Gasteiger partial charge on any atom is -0.460 e. The van der Waals surface area contributed by atoms with E-state index in [9.17, 15) is 14.9 Å². The number of ether oxygens (including phenoxy) is 2. The molecule has 0 bridgehead atoms. The molecule has 1 saturated carbocycles.